The Bertz CT molecular complexity index is 1360. The van der Waals surface area contributed by atoms with Gasteiger partial charge in [0.05, 0.1) is 11.4 Å². The first-order valence-electron chi connectivity index (χ1n) is 12.4. The number of hydrogen-bond donors (Lipinski definition) is 1. The minimum atomic E-state index is 0.476. The van der Waals surface area contributed by atoms with E-state index in [1.807, 2.05) is 55.5 Å². The minimum Gasteiger partial charge on any atom is -0.370 e. The smallest absolute Gasteiger partial charge is 0.227 e. The fourth-order valence-corrected chi connectivity index (χ4v) is 4.67. The van der Waals surface area contributed by atoms with E-state index in [9.17, 15) is 4.79 Å². The molecule has 37 heavy (non-hydrogen) atoms. The van der Waals surface area contributed by atoms with Gasteiger partial charge < -0.3 is 15.1 Å². The second kappa shape index (κ2) is 10.8. The third kappa shape index (κ3) is 5.44. The largest absolute Gasteiger partial charge is 0.370 e. The van der Waals surface area contributed by atoms with Gasteiger partial charge in [-0.15, -0.1) is 0 Å². The zero-order valence-electron chi connectivity index (χ0n) is 21.4. The highest BCUT2D eigenvalue weighted by molar-refractivity contribution is 5.88. The number of aromatic nitrogens is 3. The molecule has 1 atom stereocenters. The molecular formula is C29H31N7O. The molecular weight excluding hydrogens is 462 g/mol. The van der Waals surface area contributed by atoms with Crippen LogP contribution >= 0.6 is 0 Å². The monoisotopic (exact) mass is 493 g/mol. The van der Waals surface area contributed by atoms with E-state index in [2.05, 4.69) is 56.3 Å². The second-order valence-electron chi connectivity index (χ2n) is 9.44. The number of pyridine rings is 1. The number of likely N-dealkylation sites (tertiary alicyclic amines) is 1. The number of amides is 1. The van der Waals surface area contributed by atoms with Gasteiger partial charge in [-0.3, -0.25) is 14.7 Å². The van der Waals surface area contributed by atoms with Crippen molar-refractivity contribution in [2.75, 3.05) is 42.3 Å². The Hall–Kier alpha value is -4.30. The Labute approximate surface area is 217 Å². The van der Waals surface area contributed by atoms with Gasteiger partial charge in [0.2, 0.25) is 12.4 Å². The number of carbonyl (C=O) groups is 1. The van der Waals surface area contributed by atoms with Crippen LogP contribution < -0.4 is 15.1 Å². The number of nitrogens with one attached hydrogen (secondary N) is 1. The van der Waals surface area contributed by atoms with Crippen LogP contribution in [0.25, 0.3) is 11.3 Å². The van der Waals surface area contributed by atoms with Gasteiger partial charge in [0.15, 0.2) is 0 Å². The predicted octanol–water partition coefficient (Wildman–Crippen LogP) is 5.03. The van der Waals surface area contributed by atoms with Crippen LogP contribution in [0, 0.1) is 6.92 Å². The average Bonchev–Trinajstić information content (AvgIpc) is 3.38. The molecule has 1 fully saturated rings. The Morgan fingerprint density at radius 1 is 1.03 bits per heavy atom. The fourth-order valence-electron chi connectivity index (χ4n) is 4.67. The third-order valence-electron chi connectivity index (χ3n) is 6.91. The topological polar surface area (TPSA) is 77.5 Å². The Morgan fingerprint density at radius 2 is 1.81 bits per heavy atom. The molecule has 1 unspecified atom stereocenters. The molecule has 0 aliphatic carbocycles. The van der Waals surface area contributed by atoms with Crippen LogP contribution in [0.15, 0.2) is 79.3 Å². The number of carbonyl (C=O) groups excluding carboxylic acids is 1. The summed E-state index contributed by atoms with van der Waals surface area (Å²) in [5.41, 5.74) is 6.25. The number of aryl methyl sites for hydroxylation is 1. The summed E-state index contributed by atoms with van der Waals surface area (Å²) in [6.07, 6.45) is 7.23. The SMILES string of the molecule is Cc1ccc(N(C=O)c2ccc(N(C)C3CCN(C)C3)cc2)cc1Nc1nccc(-c2cccnc2)n1. The fraction of sp³-hybridized carbons (Fsp3) is 0.241. The number of likely N-dealkylation sites (N-methyl/N-ethyl adjacent to an activating group) is 2. The predicted molar refractivity (Wildman–Crippen MR) is 149 cm³/mol. The first-order chi connectivity index (χ1) is 18.0. The summed E-state index contributed by atoms with van der Waals surface area (Å²) in [7, 11) is 4.30. The molecule has 4 aromatic rings. The maximum absolute atomic E-state index is 12.2. The maximum Gasteiger partial charge on any atom is 0.227 e. The van der Waals surface area contributed by atoms with Crippen LogP contribution in [0.4, 0.5) is 28.7 Å². The number of rotatable bonds is 8. The summed E-state index contributed by atoms with van der Waals surface area (Å²) in [5.74, 6) is 0.476. The molecule has 3 heterocycles. The first-order valence-corrected chi connectivity index (χ1v) is 12.4. The highest BCUT2D eigenvalue weighted by atomic mass is 16.1. The summed E-state index contributed by atoms with van der Waals surface area (Å²) in [6.45, 7) is 4.19. The first kappa shape index (κ1) is 24.4. The molecule has 1 aliphatic rings. The van der Waals surface area contributed by atoms with Gasteiger partial charge in [-0.05, 0) is 87.1 Å². The molecule has 1 amide bonds. The number of anilines is 5. The van der Waals surface area contributed by atoms with E-state index in [4.69, 9.17) is 0 Å². The van der Waals surface area contributed by atoms with Crippen LogP contribution in [0.2, 0.25) is 0 Å². The molecule has 1 N–H and O–H groups in total. The van der Waals surface area contributed by atoms with E-state index < -0.39 is 0 Å². The molecule has 8 nitrogen and oxygen atoms in total. The van der Waals surface area contributed by atoms with Crippen molar-refractivity contribution in [2.24, 2.45) is 0 Å². The van der Waals surface area contributed by atoms with Gasteiger partial charge in [0, 0.05) is 60.9 Å². The lowest BCUT2D eigenvalue weighted by molar-refractivity contribution is -0.106. The second-order valence-corrected chi connectivity index (χ2v) is 9.44. The molecule has 1 saturated heterocycles. The standard InChI is InChI=1S/C29H31N7O/c1-21-6-7-25(17-28(21)33-29-31-15-12-27(32-29)22-5-4-14-30-18-22)36(20-37)24-10-8-23(9-11-24)35(3)26-13-16-34(2)19-26/h4-12,14-15,17-18,20,26H,13,16,19H2,1-3H3,(H,31,32,33). The number of benzene rings is 2. The van der Waals surface area contributed by atoms with Gasteiger partial charge >= 0.3 is 0 Å². The summed E-state index contributed by atoms with van der Waals surface area (Å²) in [6, 6.07) is 20.2. The van der Waals surface area contributed by atoms with Crippen molar-refractivity contribution in [1.82, 2.24) is 19.9 Å². The van der Waals surface area contributed by atoms with Gasteiger partial charge in [-0.2, -0.15) is 0 Å². The van der Waals surface area contributed by atoms with Crippen molar-refractivity contribution in [3.8, 4) is 11.3 Å². The zero-order chi connectivity index (χ0) is 25.8. The summed E-state index contributed by atoms with van der Waals surface area (Å²) in [5, 5.41) is 3.32. The number of nitrogens with zero attached hydrogens (tertiary/aromatic N) is 6. The molecule has 8 heteroatoms. The van der Waals surface area contributed by atoms with E-state index >= 15 is 0 Å². The van der Waals surface area contributed by atoms with Crippen molar-refractivity contribution in [3.63, 3.8) is 0 Å². The van der Waals surface area contributed by atoms with Gasteiger partial charge in [0.1, 0.15) is 0 Å². The lowest BCUT2D eigenvalue weighted by Crippen LogP contribution is -2.33. The van der Waals surface area contributed by atoms with Crippen molar-refractivity contribution in [1.29, 1.82) is 0 Å². The van der Waals surface area contributed by atoms with Gasteiger partial charge in [-0.25, -0.2) is 9.97 Å². The Balaban J connectivity index is 1.36. The van der Waals surface area contributed by atoms with E-state index in [1.165, 1.54) is 0 Å². The lowest BCUT2D eigenvalue weighted by Gasteiger charge is -2.27. The van der Waals surface area contributed by atoms with E-state index in [0.29, 0.717) is 12.0 Å². The van der Waals surface area contributed by atoms with Gasteiger partial charge in [0.25, 0.3) is 0 Å². The van der Waals surface area contributed by atoms with E-state index in [-0.39, 0.29) is 0 Å². The van der Waals surface area contributed by atoms with E-state index in [1.54, 1.807) is 23.5 Å². The molecule has 5 rings (SSSR count). The van der Waals surface area contributed by atoms with Crippen LogP contribution in [-0.4, -0.2) is 59.5 Å². The molecule has 2 aromatic heterocycles. The van der Waals surface area contributed by atoms with E-state index in [0.717, 1.165) is 65.5 Å². The minimum absolute atomic E-state index is 0.476. The highest BCUT2D eigenvalue weighted by Gasteiger charge is 2.23. The number of hydrogen-bond acceptors (Lipinski definition) is 7. The molecule has 0 bridgehead atoms. The van der Waals surface area contributed by atoms with Crippen molar-refractivity contribution in [2.45, 2.75) is 19.4 Å². The van der Waals surface area contributed by atoms with Gasteiger partial charge in [-0.1, -0.05) is 6.07 Å². The highest BCUT2D eigenvalue weighted by Crippen LogP contribution is 2.31. The van der Waals surface area contributed by atoms with Crippen molar-refractivity contribution >= 4 is 35.1 Å². The molecule has 2 aromatic carbocycles. The molecule has 0 saturated carbocycles. The average molecular weight is 494 g/mol. The zero-order valence-corrected chi connectivity index (χ0v) is 21.4. The van der Waals surface area contributed by atoms with Crippen LogP contribution in [0.5, 0.6) is 0 Å². The summed E-state index contributed by atoms with van der Waals surface area (Å²) in [4.78, 5) is 31.7. The Morgan fingerprint density at radius 3 is 2.51 bits per heavy atom. The normalized spacial score (nSPS) is 15.4. The van der Waals surface area contributed by atoms with Crippen LogP contribution in [0.3, 0.4) is 0 Å². The molecule has 0 spiro atoms. The molecule has 188 valence electrons. The van der Waals surface area contributed by atoms with Crippen molar-refractivity contribution < 1.29 is 4.79 Å². The Kier molecular flexibility index (Phi) is 7.09. The van der Waals surface area contributed by atoms with Crippen molar-refractivity contribution in [3.05, 3.63) is 84.8 Å². The molecule has 0 radical (unpaired) electrons. The maximum atomic E-state index is 12.2. The summed E-state index contributed by atoms with van der Waals surface area (Å²) >= 11 is 0. The summed E-state index contributed by atoms with van der Waals surface area (Å²) < 4.78 is 0. The lowest BCUT2D eigenvalue weighted by atomic mass is 10.1. The third-order valence-corrected chi connectivity index (χ3v) is 6.91. The van der Waals surface area contributed by atoms with Crippen LogP contribution in [0.1, 0.15) is 12.0 Å². The van der Waals surface area contributed by atoms with Crippen LogP contribution in [-0.2, 0) is 4.79 Å². The molecule has 1 aliphatic heterocycles. The quantitative estimate of drug-likeness (QED) is 0.345.